The van der Waals surface area contributed by atoms with Crippen LogP contribution in [0.2, 0.25) is 0 Å². The number of hydrogen-bond donors (Lipinski definition) is 2. The standard InChI is InChI=1S/C15H21NO3/c1-8-6-13(19-4)9(2)5-10(8)14(16-3)11-7-12(11)15(17)18/h5-6,11-12,14,16H,7H2,1-4H3,(H,17,18). The fourth-order valence-corrected chi connectivity index (χ4v) is 2.83. The molecule has 0 aliphatic heterocycles. The first kappa shape index (κ1) is 13.9. The second-order valence-electron chi connectivity index (χ2n) is 5.29. The van der Waals surface area contributed by atoms with E-state index in [2.05, 4.69) is 11.4 Å². The number of methoxy groups -OCH3 is 1. The van der Waals surface area contributed by atoms with Crippen molar-refractivity contribution in [2.45, 2.75) is 26.3 Å². The first-order valence-corrected chi connectivity index (χ1v) is 6.54. The van der Waals surface area contributed by atoms with Crippen molar-refractivity contribution in [3.05, 3.63) is 28.8 Å². The van der Waals surface area contributed by atoms with E-state index in [-0.39, 0.29) is 17.9 Å². The predicted octanol–water partition coefficient (Wildman–Crippen LogP) is 2.29. The van der Waals surface area contributed by atoms with Crippen LogP contribution in [0.1, 0.15) is 29.2 Å². The maximum absolute atomic E-state index is 11.0. The molecular formula is C15H21NO3. The highest BCUT2D eigenvalue weighted by Gasteiger charge is 2.48. The summed E-state index contributed by atoms with van der Waals surface area (Å²) in [6, 6.07) is 4.23. The lowest BCUT2D eigenvalue weighted by Crippen LogP contribution is -2.21. The third-order valence-electron chi connectivity index (χ3n) is 4.01. The summed E-state index contributed by atoms with van der Waals surface area (Å²) in [5, 5.41) is 12.3. The van der Waals surface area contributed by atoms with Gasteiger partial charge in [0.25, 0.3) is 0 Å². The van der Waals surface area contributed by atoms with Gasteiger partial charge in [0, 0.05) is 6.04 Å². The molecule has 0 spiro atoms. The molecular weight excluding hydrogens is 242 g/mol. The summed E-state index contributed by atoms with van der Waals surface area (Å²) in [7, 11) is 3.55. The van der Waals surface area contributed by atoms with E-state index >= 15 is 0 Å². The van der Waals surface area contributed by atoms with Crippen molar-refractivity contribution in [3.8, 4) is 5.75 Å². The topological polar surface area (TPSA) is 58.6 Å². The molecule has 4 heteroatoms. The van der Waals surface area contributed by atoms with Crippen LogP contribution in [0.4, 0.5) is 0 Å². The quantitative estimate of drug-likeness (QED) is 0.855. The lowest BCUT2D eigenvalue weighted by Gasteiger charge is -2.20. The SMILES string of the molecule is CNC(c1cc(C)c(OC)cc1C)C1CC1C(=O)O. The zero-order chi connectivity index (χ0) is 14.2. The van der Waals surface area contributed by atoms with Crippen molar-refractivity contribution < 1.29 is 14.6 Å². The van der Waals surface area contributed by atoms with Crippen LogP contribution in [0.3, 0.4) is 0 Å². The molecule has 0 radical (unpaired) electrons. The number of carboxylic acids is 1. The maximum atomic E-state index is 11.0. The Bertz CT molecular complexity index is 498. The van der Waals surface area contributed by atoms with Gasteiger partial charge in [-0.1, -0.05) is 6.07 Å². The van der Waals surface area contributed by atoms with Gasteiger partial charge < -0.3 is 15.2 Å². The van der Waals surface area contributed by atoms with Gasteiger partial charge in [0.05, 0.1) is 13.0 Å². The van der Waals surface area contributed by atoms with Gasteiger partial charge >= 0.3 is 5.97 Å². The number of carbonyl (C=O) groups is 1. The largest absolute Gasteiger partial charge is 0.496 e. The molecule has 1 aromatic carbocycles. The molecule has 0 heterocycles. The number of nitrogens with one attached hydrogen (secondary N) is 1. The minimum atomic E-state index is -0.687. The lowest BCUT2D eigenvalue weighted by molar-refractivity contribution is -0.138. The maximum Gasteiger partial charge on any atom is 0.306 e. The molecule has 2 rings (SSSR count). The second kappa shape index (κ2) is 5.21. The van der Waals surface area contributed by atoms with E-state index in [1.165, 1.54) is 5.56 Å². The molecule has 0 saturated heterocycles. The van der Waals surface area contributed by atoms with E-state index in [0.717, 1.165) is 23.3 Å². The number of hydrogen-bond acceptors (Lipinski definition) is 3. The van der Waals surface area contributed by atoms with Crippen LogP contribution in [0.25, 0.3) is 0 Å². The van der Waals surface area contributed by atoms with Gasteiger partial charge in [0.2, 0.25) is 0 Å². The zero-order valence-corrected chi connectivity index (χ0v) is 11.9. The number of rotatable bonds is 5. The summed E-state index contributed by atoms with van der Waals surface area (Å²) in [5.41, 5.74) is 3.39. The Kier molecular flexibility index (Phi) is 3.80. The molecule has 19 heavy (non-hydrogen) atoms. The van der Waals surface area contributed by atoms with Crippen LogP contribution in [-0.4, -0.2) is 25.2 Å². The van der Waals surface area contributed by atoms with Gasteiger partial charge in [0.1, 0.15) is 5.75 Å². The first-order valence-electron chi connectivity index (χ1n) is 6.54. The molecule has 1 aliphatic carbocycles. The molecule has 0 bridgehead atoms. The average molecular weight is 263 g/mol. The summed E-state index contributed by atoms with van der Waals surface area (Å²) in [6.07, 6.45) is 0.755. The Labute approximate surface area is 113 Å². The van der Waals surface area contributed by atoms with Crippen molar-refractivity contribution in [1.29, 1.82) is 0 Å². The fraction of sp³-hybridized carbons (Fsp3) is 0.533. The fourth-order valence-electron chi connectivity index (χ4n) is 2.83. The summed E-state index contributed by atoms with van der Waals surface area (Å²) in [5.74, 6) is 0.170. The van der Waals surface area contributed by atoms with Crippen LogP contribution >= 0.6 is 0 Å². The minimum Gasteiger partial charge on any atom is -0.496 e. The molecule has 104 valence electrons. The minimum absolute atomic E-state index is 0.103. The number of aliphatic carboxylic acids is 1. The van der Waals surface area contributed by atoms with E-state index in [9.17, 15) is 4.79 Å². The summed E-state index contributed by atoms with van der Waals surface area (Å²) >= 11 is 0. The van der Waals surface area contributed by atoms with Crippen molar-refractivity contribution in [3.63, 3.8) is 0 Å². The zero-order valence-electron chi connectivity index (χ0n) is 11.9. The third kappa shape index (κ3) is 2.59. The highest BCUT2D eigenvalue weighted by molar-refractivity contribution is 5.73. The Hall–Kier alpha value is -1.55. The van der Waals surface area contributed by atoms with Gasteiger partial charge in [-0.2, -0.15) is 0 Å². The first-order chi connectivity index (χ1) is 8.99. The van der Waals surface area contributed by atoms with Crippen molar-refractivity contribution in [2.24, 2.45) is 11.8 Å². The molecule has 1 fully saturated rings. The average Bonchev–Trinajstić information content (AvgIpc) is 3.14. The Balaban J connectivity index is 2.29. The van der Waals surface area contributed by atoms with Crippen molar-refractivity contribution in [1.82, 2.24) is 5.32 Å². The van der Waals surface area contributed by atoms with Crippen LogP contribution in [0, 0.1) is 25.7 Å². The van der Waals surface area contributed by atoms with Crippen molar-refractivity contribution in [2.75, 3.05) is 14.2 Å². The van der Waals surface area contributed by atoms with Gasteiger partial charge in [-0.15, -0.1) is 0 Å². The summed E-state index contributed by atoms with van der Waals surface area (Å²) in [6.45, 7) is 4.05. The number of aryl methyl sites for hydroxylation is 2. The van der Waals surface area contributed by atoms with Gasteiger partial charge in [-0.3, -0.25) is 4.79 Å². The summed E-state index contributed by atoms with van der Waals surface area (Å²) in [4.78, 5) is 11.0. The molecule has 3 atom stereocenters. The molecule has 1 saturated carbocycles. The molecule has 4 nitrogen and oxygen atoms in total. The van der Waals surface area contributed by atoms with Gasteiger partial charge in [0.15, 0.2) is 0 Å². The molecule has 2 N–H and O–H groups in total. The van der Waals surface area contributed by atoms with E-state index in [4.69, 9.17) is 9.84 Å². The van der Waals surface area contributed by atoms with E-state index < -0.39 is 5.97 Å². The van der Waals surface area contributed by atoms with Crippen LogP contribution in [-0.2, 0) is 4.79 Å². The third-order valence-corrected chi connectivity index (χ3v) is 4.01. The molecule has 1 aliphatic rings. The molecule has 0 aromatic heterocycles. The van der Waals surface area contributed by atoms with Crippen molar-refractivity contribution >= 4 is 5.97 Å². The van der Waals surface area contributed by atoms with Crippen LogP contribution in [0.15, 0.2) is 12.1 Å². The number of benzene rings is 1. The van der Waals surface area contributed by atoms with Gasteiger partial charge in [-0.25, -0.2) is 0 Å². The molecule has 3 unspecified atom stereocenters. The Morgan fingerprint density at radius 1 is 1.42 bits per heavy atom. The smallest absolute Gasteiger partial charge is 0.306 e. The van der Waals surface area contributed by atoms with Crippen LogP contribution in [0.5, 0.6) is 5.75 Å². The Morgan fingerprint density at radius 3 is 2.58 bits per heavy atom. The lowest BCUT2D eigenvalue weighted by atomic mass is 9.94. The monoisotopic (exact) mass is 263 g/mol. The highest BCUT2D eigenvalue weighted by atomic mass is 16.5. The normalized spacial score (nSPS) is 22.9. The molecule has 0 amide bonds. The second-order valence-corrected chi connectivity index (χ2v) is 5.29. The number of ether oxygens (including phenoxy) is 1. The predicted molar refractivity (Wildman–Crippen MR) is 73.5 cm³/mol. The van der Waals surface area contributed by atoms with E-state index in [0.29, 0.717) is 0 Å². The van der Waals surface area contributed by atoms with Crippen LogP contribution < -0.4 is 10.1 Å². The van der Waals surface area contributed by atoms with E-state index in [1.54, 1.807) is 7.11 Å². The Morgan fingerprint density at radius 2 is 2.11 bits per heavy atom. The number of carboxylic acid groups (broad SMARTS) is 1. The molecule has 1 aromatic rings. The van der Waals surface area contributed by atoms with Gasteiger partial charge in [-0.05, 0) is 56.0 Å². The summed E-state index contributed by atoms with van der Waals surface area (Å²) < 4.78 is 5.32. The highest BCUT2D eigenvalue weighted by Crippen LogP contribution is 2.48. The van der Waals surface area contributed by atoms with E-state index in [1.807, 2.05) is 27.0 Å².